The number of rotatable bonds is 7. The Morgan fingerprint density at radius 2 is 1.88 bits per heavy atom. The number of halogens is 2. The van der Waals surface area contributed by atoms with Gasteiger partial charge in [0.25, 0.3) is 0 Å². The highest BCUT2D eigenvalue weighted by atomic mass is 19.1. The summed E-state index contributed by atoms with van der Waals surface area (Å²) in [4.78, 5) is 13.9. The minimum absolute atomic E-state index is 0.0918. The van der Waals surface area contributed by atoms with Crippen LogP contribution >= 0.6 is 0 Å². The molecule has 0 radical (unpaired) electrons. The Morgan fingerprint density at radius 1 is 1.09 bits per heavy atom. The highest BCUT2D eigenvalue weighted by molar-refractivity contribution is 5.76. The lowest BCUT2D eigenvalue weighted by atomic mass is 9.93. The molecule has 2 aromatic heterocycles. The van der Waals surface area contributed by atoms with E-state index in [1.54, 1.807) is 6.20 Å². The Bertz CT molecular complexity index is 1130. The fourth-order valence-corrected chi connectivity index (χ4v) is 4.84. The first-order valence-electron chi connectivity index (χ1n) is 12.0. The van der Waals surface area contributed by atoms with Gasteiger partial charge in [0.1, 0.15) is 17.2 Å². The van der Waals surface area contributed by atoms with E-state index in [4.69, 9.17) is 14.5 Å². The molecule has 0 spiro atoms. The zero-order chi connectivity index (χ0) is 23.5. The monoisotopic (exact) mass is 472 g/mol. The quantitative estimate of drug-likeness (QED) is 0.503. The van der Waals surface area contributed by atoms with Crippen molar-refractivity contribution in [3.8, 4) is 0 Å². The summed E-state index contributed by atoms with van der Waals surface area (Å²) in [6, 6.07) is 3.82. The highest BCUT2D eigenvalue weighted by Gasteiger charge is 2.25. The lowest BCUT2D eigenvalue weighted by Crippen LogP contribution is -2.30. The molecule has 1 saturated heterocycles. The molecule has 0 unspecified atom stereocenters. The second-order valence-electron chi connectivity index (χ2n) is 8.87. The number of hydrogen-bond donors (Lipinski definition) is 2. The summed E-state index contributed by atoms with van der Waals surface area (Å²) in [6.07, 6.45) is 7.65. The molecule has 1 aliphatic heterocycles. The molecule has 1 saturated carbocycles. The van der Waals surface area contributed by atoms with Gasteiger partial charge in [-0.2, -0.15) is 4.98 Å². The third-order valence-corrected chi connectivity index (χ3v) is 6.58. The lowest BCUT2D eigenvalue weighted by Gasteiger charge is -2.29. The van der Waals surface area contributed by atoms with Crippen LogP contribution in [0.2, 0.25) is 0 Å². The maximum absolute atomic E-state index is 14.4. The minimum atomic E-state index is -0.679. The normalized spacial score (nSPS) is 21.6. The number of aromatic nitrogens is 4. The van der Waals surface area contributed by atoms with Crippen molar-refractivity contribution in [2.24, 2.45) is 0 Å². The lowest BCUT2D eigenvalue weighted by molar-refractivity contribution is 0.0346. The summed E-state index contributed by atoms with van der Waals surface area (Å²) in [5.74, 6) is -0.296. The summed E-state index contributed by atoms with van der Waals surface area (Å²) in [5.41, 5.74) is 1.45. The van der Waals surface area contributed by atoms with Crippen molar-refractivity contribution in [1.29, 1.82) is 0 Å². The van der Waals surface area contributed by atoms with Crippen molar-refractivity contribution in [2.45, 2.75) is 63.6 Å². The molecule has 1 aromatic carbocycles. The molecule has 34 heavy (non-hydrogen) atoms. The van der Waals surface area contributed by atoms with Gasteiger partial charge < -0.3 is 20.1 Å². The number of anilines is 3. The van der Waals surface area contributed by atoms with Crippen LogP contribution in [0.4, 0.5) is 26.4 Å². The zero-order valence-electron chi connectivity index (χ0n) is 19.3. The van der Waals surface area contributed by atoms with Gasteiger partial charge in [0.05, 0.1) is 18.0 Å². The molecule has 0 bridgehead atoms. The van der Waals surface area contributed by atoms with E-state index in [2.05, 4.69) is 20.6 Å². The molecule has 10 heteroatoms. The van der Waals surface area contributed by atoms with Crippen molar-refractivity contribution in [3.05, 3.63) is 36.0 Å². The number of nitrogens with one attached hydrogen (secondary N) is 2. The third kappa shape index (κ3) is 4.97. The highest BCUT2D eigenvalue weighted by Crippen LogP contribution is 2.32. The molecule has 8 nitrogen and oxygen atoms in total. The van der Waals surface area contributed by atoms with Crippen LogP contribution in [0, 0.1) is 11.6 Å². The number of hydrogen-bond acceptors (Lipinski definition) is 7. The molecular weight excluding hydrogens is 442 g/mol. The van der Waals surface area contributed by atoms with E-state index in [0.29, 0.717) is 48.4 Å². The molecule has 3 heterocycles. The average molecular weight is 473 g/mol. The van der Waals surface area contributed by atoms with Crippen LogP contribution in [0.3, 0.4) is 0 Å². The van der Waals surface area contributed by atoms with E-state index in [-0.39, 0.29) is 11.7 Å². The molecule has 2 N–H and O–H groups in total. The van der Waals surface area contributed by atoms with Gasteiger partial charge >= 0.3 is 0 Å². The summed E-state index contributed by atoms with van der Waals surface area (Å²) in [5, 5.41) is 6.51. The first-order valence-corrected chi connectivity index (χ1v) is 12.0. The van der Waals surface area contributed by atoms with Crippen molar-refractivity contribution >= 4 is 28.7 Å². The molecule has 0 atom stereocenters. The summed E-state index contributed by atoms with van der Waals surface area (Å²) < 4.78 is 41.0. The molecule has 1 aliphatic carbocycles. The third-order valence-electron chi connectivity index (χ3n) is 6.58. The van der Waals surface area contributed by atoms with E-state index in [1.165, 1.54) is 12.1 Å². The van der Waals surface area contributed by atoms with Crippen molar-refractivity contribution in [2.75, 3.05) is 30.5 Å². The largest absolute Gasteiger partial charge is 0.381 e. The maximum Gasteiger partial charge on any atom is 0.224 e. The molecule has 2 fully saturated rings. The van der Waals surface area contributed by atoms with E-state index >= 15 is 0 Å². The van der Waals surface area contributed by atoms with Gasteiger partial charge in [-0.1, -0.05) is 0 Å². The Kier molecular flexibility index (Phi) is 6.87. The topological polar surface area (TPSA) is 86.1 Å². The predicted octanol–water partition coefficient (Wildman–Crippen LogP) is 4.96. The molecule has 0 amide bonds. The fraction of sp³-hybridized carbons (Fsp3) is 0.542. The number of fused-ring (bicyclic) bond motifs is 1. The van der Waals surface area contributed by atoms with Crippen molar-refractivity contribution in [3.63, 3.8) is 0 Å². The Balaban J connectivity index is 1.43. The predicted molar refractivity (Wildman–Crippen MR) is 125 cm³/mol. The van der Waals surface area contributed by atoms with Gasteiger partial charge in [-0.3, -0.25) is 4.57 Å². The van der Waals surface area contributed by atoms with Gasteiger partial charge in [-0.05, 0) is 57.6 Å². The molecular formula is C24H30F2N6O2. The van der Waals surface area contributed by atoms with E-state index < -0.39 is 11.6 Å². The minimum Gasteiger partial charge on any atom is -0.381 e. The van der Waals surface area contributed by atoms with Crippen LogP contribution in [-0.2, 0) is 9.47 Å². The van der Waals surface area contributed by atoms with Crippen molar-refractivity contribution < 1.29 is 18.3 Å². The fourth-order valence-electron chi connectivity index (χ4n) is 4.84. The van der Waals surface area contributed by atoms with Crippen LogP contribution in [0.5, 0.6) is 0 Å². The molecule has 5 rings (SSSR count). The second kappa shape index (κ2) is 10.2. The van der Waals surface area contributed by atoms with E-state index in [1.807, 2.05) is 11.5 Å². The summed E-state index contributed by atoms with van der Waals surface area (Å²) >= 11 is 0. The second-order valence-corrected chi connectivity index (χ2v) is 8.87. The smallest absolute Gasteiger partial charge is 0.224 e. The Morgan fingerprint density at radius 3 is 2.62 bits per heavy atom. The van der Waals surface area contributed by atoms with Gasteiger partial charge in [0.2, 0.25) is 11.9 Å². The standard InChI is InChI=1S/C24H30F2N6O2/c1-2-34-18-6-4-16(5-7-18)28-23-27-14-21-22(31-23)32(17-9-11-33-12-10-17)24(30-21)29-20-8-3-15(25)13-19(20)26/h3,8,13-14,16-18H,2,4-7,9-12H2,1H3,(H,29,30)(H,27,28,31)/t16-,18-. The first kappa shape index (κ1) is 22.9. The van der Waals surface area contributed by atoms with E-state index in [0.717, 1.165) is 51.2 Å². The number of benzene rings is 1. The van der Waals surface area contributed by atoms with Gasteiger partial charge in [0.15, 0.2) is 5.65 Å². The van der Waals surface area contributed by atoms with E-state index in [9.17, 15) is 8.78 Å². The van der Waals surface area contributed by atoms with Gasteiger partial charge in [-0.25, -0.2) is 18.7 Å². The average Bonchev–Trinajstić information content (AvgIpc) is 3.20. The Hall–Kier alpha value is -2.85. The number of ether oxygens (including phenoxy) is 2. The SMILES string of the molecule is CCO[C@H]1CC[C@H](Nc2ncc3nc(Nc4ccc(F)cc4F)n(C4CCOCC4)c3n2)CC1. The number of imidazole rings is 1. The molecule has 182 valence electrons. The number of nitrogens with zero attached hydrogens (tertiary/aromatic N) is 4. The van der Waals surface area contributed by atoms with Crippen LogP contribution in [0.25, 0.3) is 11.2 Å². The van der Waals surface area contributed by atoms with Gasteiger partial charge in [0, 0.05) is 38.0 Å². The summed E-state index contributed by atoms with van der Waals surface area (Å²) in [6.45, 7) is 4.04. The van der Waals surface area contributed by atoms with Gasteiger partial charge in [-0.15, -0.1) is 0 Å². The van der Waals surface area contributed by atoms with Crippen LogP contribution < -0.4 is 10.6 Å². The zero-order valence-corrected chi connectivity index (χ0v) is 19.3. The Labute approximate surface area is 197 Å². The van der Waals surface area contributed by atoms with Crippen molar-refractivity contribution in [1.82, 2.24) is 19.5 Å². The van der Waals surface area contributed by atoms with Crippen LogP contribution in [0.1, 0.15) is 51.5 Å². The first-order chi connectivity index (χ1) is 16.6. The maximum atomic E-state index is 14.4. The molecule has 2 aliphatic rings. The van der Waals surface area contributed by atoms with Crippen LogP contribution in [-0.4, -0.2) is 51.5 Å². The van der Waals surface area contributed by atoms with Crippen LogP contribution in [0.15, 0.2) is 24.4 Å². The molecule has 3 aromatic rings. The summed E-state index contributed by atoms with van der Waals surface area (Å²) in [7, 11) is 0.